The summed E-state index contributed by atoms with van der Waals surface area (Å²) in [6.45, 7) is 2.34. The molecule has 142 valence electrons. The number of aromatic nitrogens is 2. The van der Waals surface area contributed by atoms with Crippen LogP contribution in [0.1, 0.15) is 17.0 Å². The van der Waals surface area contributed by atoms with Crippen molar-refractivity contribution in [3.05, 3.63) is 82.0 Å². The fraction of sp³-hybridized carbons (Fsp3) is 0.190. The molecular weight excluding hydrogens is 376 g/mol. The first-order chi connectivity index (χ1) is 13.7. The van der Waals surface area contributed by atoms with Gasteiger partial charge in [-0.15, -0.1) is 10.2 Å². The molecule has 0 bridgehead atoms. The maximum absolute atomic E-state index is 11.5. The van der Waals surface area contributed by atoms with Crippen LogP contribution >= 0.6 is 11.8 Å². The van der Waals surface area contributed by atoms with Crippen LogP contribution in [0.15, 0.2) is 73.4 Å². The largest absolute Gasteiger partial charge is 0.493 e. The van der Waals surface area contributed by atoms with Crippen molar-refractivity contribution in [2.75, 3.05) is 12.4 Å². The molecule has 0 aliphatic rings. The lowest BCUT2D eigenvalue weighted by molar-refractivity contribution is 0.342. The molecule has 4 rings (SSSR count). The first-order valence-corrected chi connectivity index (χ1v) is 9.82. The fourth-order valence-electron chi connectivity index (χ4n) is 2.82. The zero-order chi connectivity index (χ0) is 19.3. The maximum Gasteiger partial charge on any atom is 0.336 e. The first-order valence-electron chi connectivity index (χ1n) is 8.84. The number of hydrogen-bond acceptors (Lipinski definition) is 7. The lowest BCUT2D eigenvalue weighted by atomic mass is 10.1. The standard InChI is InChI=1S/C21H18N2O4S/c1-14-11-20(24)26-18-13-16(7-8-17(14)18)25-9-10-28-21-23-22-19(27-21)12-15-5-3-2-4-6-15/h2-8,11,13H,9-10,12H2,1H3. The Labute approximate surface area is 165 Å². The van der Waals surface area contributed by atoms with E-state index in [2.05, 4.69) is 10.2 Å². The molecule has 0 fully saturated rings. The van der Waals surface area contributed by atoms with Gasteiger partial charge in [0.15, 0.2) is 0 Å². The minimum atomic E-state index is -0.361. The molecule has 0 N–H and O–H groups in total. The first kappa shape index (κ1) is 18.3. The van der Waals surface area contributed by atoms with E-state index in [1.807, 2.05) is 49.4 Å². The average molecular weight is 394 g/mol. The molecule has 0 saturated heterocycles. The third-order valence-electron chi connectivity index (χ3n) is 4.15. The topological polar surface area (TPSA) is 78.4 Å². The Bertz CT molecular complexity index is 1140. The number of aryl methyl sites for hydroxylation is 1. The summed E-state index contributed by atoms with van der Waals surface area (Å²) in [5, 5.41) is 9.56. The Morgan fingerprint density at radius 3 is 2.75 bits per heavy atom. The minimum Gasteiger partial charge on any atom is -0.493 e. The third-order valence-corrected chi connectivity index (χ3v) is 4.93. The van der Waals surface area contributed by atoms with E-state index < -0.39 is 0 Å². The zero-order valence-electron chi connectivity index (χ0n) is 15.3. The molecule has 2 heterocycles. The van der Waals surface area contributed by atoms with Crippen LogP contribution in [0.25, 0.3) is 11.0 Å². The number of thioether (sulfide) groups is 1. The maximum atomic E-state index is 11.5. The zero-order valence-corrected chi connectivity index (χ0v) is 16.1. The van der Waals surface area contributed by atoms with E-state index in [4.69, 9.17) is 13.6 Å². The minimum absolute atomic E-state index is 0.361. The number of nitrogens with zero attached hydrogens (tertiary/aromatic N) is 2. The number of fused-ring (bicyclic) bond motifs is 1. The van der Waals surface area contributed by atoms with Crippen molar-refractivity contribution in [1.29, 1.82) is 0 Å². The van der Waals surface area contributed by atoms with E-state index in [9.17, 15) is 4.79 Å². The van der Waals surface area contributed by atoms with Gasteiger partial charge in [0.2, 0.25) is 5.89 Å². The second-order valence-corrected chi connectivity index (χ2v) is 7.27. The number of benzene rings is 2. The summed E-state index contributed by atoms with van der Waals surface area (Å²) in [7, 11) is 0. The second-order valence-electron chi connectivity index (χ2n) is 6.23. The molecule has 28 heavy (non-hydrogen) atoms. The molecule has 2 aromatic heterocycles. The van der Waals surface area contributed by atoms with Crippen LogP contribution in [0.4, 0.5) is 0 Å². The van der Waals surface area contributed by atoms with Gasteiger partial charge in [0, 0.05) is 23.3 Å². The Morgan fingerprint density at radius 2 is 1.89 bits per heavy atom. The molecular formula is C21H18N2O4S. The van der Waals surface area contributed by atoms with Gasteiger partial charge in [-0.1, -0.05) is 42.1 Å². The van der Waals surface area contributed by atoms with Gasteiger partial charge in [0.25, 0.3) is 5.22 Å². The Hall–Kier alpha value is -3.06. The molecule has 0 amide bonds. The van der Waals surface area contributed by atoms with Gasteiger partial charge in [-0.2, -0.15) is 0 Å². The summed E-state index contributed by atoms with van der Waals surface area (Å²) in [6, 6.07) is 17.0. The molecule has 0 saturated carbocycles. The highest BCUT2D eigenvalue weighted by atomic mass is 32.2. The molecule has 0 atom stereocenters. The Morgan fingerprint density at radius 1 is 1.04 bits per heavy atom. The van der Waals surface area contributed by atoms with Crippen LogP contribution in [0.5, 0.6) is 5.75 Å². The smallest absolute Gasteiger partial charge is 0.336 e. The summed E-state index contributed by atoms with van der Waals surface area (Å²) >= 11 is 1.44. The second kappa shape index (κ2) is 8.31. The van der Waals surface area contributed by atoms with Crippen molar-refractivity contribution in [2.24, 2.45) is 0 Å². The molecule has 6 nitrogen and oxygen atoms in total. The monoisotopic (exact) mass is 394 g/mol. The van der Waals surface area contributed by atoms with Gasteiger partial charge in [-0.25, -0.2) is 4.79 Å². The van der Waals surface area contributed by atoms with Gasteiger partial charge in [-0.3, -0.25) is 0 Å². The van der Waals surface area contributed by atoms with Crippen molar-refractivity contribution in [3.63, 3.8) is 0 Å². The number of rotatable bonds is 7. The van der Waals surface area contributed by atoms with E-state index in [0.29, 0.717) is 41.2 Å². The van der Waals surface area contributed by atoms with Crippen LogP contribution in [-0.2, 0) is 6.42 Å². The predicted octanol–water partition coefficient (Wildman–Crippen LogP) is 4.25. The van der Waals surface area contributed by atoms with Crippen molar-refractivity contribution >= 4 is 22.7 Å². The molecule has 7 heteroatoms. The highest BCUT2D eigenvalue weighted by Crippen LogP contribution is 2.23. The molecule has 0 aliphatic heterocycles. The highest BCUT2D eigenvalue weighted by Gasteiger charge is 2.08. The lowest BCUT2D eigenvalue weighted by Crippen LogP contribution is -2.01. The van der Waals surface area contributed by atoms with Crippen LogP contribution < -0.4 is 10.4 Å². The highest BCUT2D eigenvalue weighted by molar-refractivity contribution is 7.99. The van der Waals surface area contributed by atoms with E-state index in [0.717, 1.165) is 16.5 Å². The fourth-order valence-corrected chi connectivity index (χ4v) is 3.42. The van der Waals surface area contributed by atoms with Crippen LogP contribution in [0.3, 0.4) is 0 Å². The van der Waals surface area contributed by atoms with E-state index in [1.165, 1.54) is 17.8 Å². The normalized spacial score (nSPS) is 11.0. The number of hydrogen-bond donors (Lipinski definition) is 0. The van der Waals surface area contributed by atoms with Crippen LogP contribution in [0.2, 0.25) is 0 Å². The Balaban J connectivity index is 1.30. The molecule has 4 aromatic rings. The summed E-state index contributed by atoms with van der Waals surface area (Å²) in [5.74, 6) is 1.90. The summed E-state index contributed by atoms with van der Waals surface area (Å²) in [5.41, 5.74) is 2.18. The SMILES string of the molecule is Cc1cc(=O)oc2cc(OCCSc3nnc(Cc4ccccc4)o3)ccc12. The molecule has 0 radical (unpaired) electrons. The van der Waals surface area contributed by atoms with Gasteiger partial charge in [-0.05, 0) is 30.2 Å². The van der Waals surface area contributed by atoms with Crippen LogP contribution in [0, 0.1) is 6.92 Å². The van der Waals surface area contributed by atoms with Crippen LogP contribution in [-0.4, -0.2) is 22.6 Å². The summed E-state index contributed by atoms with van der Waals surface area (Å²) in [4.78, 5) is 11.5. The van der Waals surface area contributed by atoms with Crippen molar-refractivity contribution < 1.29 is 13.6 Å². The van der Waals surface area contributed by atoms with E-state index >= 15 is 0 Å². The number of ether oxygens (including phenoxy) is 1. The van der Waals surface area contributed by atoms with Crippen molar-refractivity contribution in [1.82, 2.24) is 10.2 Å². The van der Waals surface area contributed by atoms with E-state index in [1.54, 1.807) is 6.07 Å². The quantitative estimate of drug-likeness (QED) is 0.263. The molecule has 0 spiro atoms. The van der Waals surface area contributed by atoms with Gasteiger partial charge >= 0.3 is 5.63 Å². The van der Waals surface area contributed by atoms with E-state index in [-0.39, 0.29) is 5.63 Å². The summed E-state index contributed by atoms with van der Waals surface area (Å²) in [6.07, 6.45) is 0.618. The Kier molecular flexibility index (Phi) is 5.43. The molecule has 0 aliphatic carbocycles. The predicted molar refractivity (Wildman–Crippen MR) is 107 cm³/mol. The lowest BCUT2D eigenvalue weighted by Gasteiger charge is -2.06. The van der Waals surface area contributed by atoms with Gasteiger partial charge in [0.05, 0.1) is 13.0 Å². The average Bonchev–Trinajstić information content (AvgIpc) is 3.13. The summed E-state index contributed by atoms with van der Waals surface area (Å²) < 4.78 is 16.6. The van der Waals surface area contributed by atoms with Gasteiger partial charge in [0.1, 0.15) is 11.3 Å². The van der Waals surface area contributed by atoms with Gasteiger partial charge < -0.3 is 13.6 Å². The molecule has 0 unspecified atom stereocenters. The van der Waals surface area contributed by atoms with Crippen molar-refractivity contribution in [2.45, 2.75) is 18.6 Å². The van der Waals surface area contributed by atoms with Crippen molar-refractivity contribution in [3.8, 4) is 5.75 Å². The third kappa shape index (κ3) is 4.43. The molecule has 2 aromatic carbocycles.